The first-order valence-corrected chi connectivity index (χ1v) is 10.7. The second-order valence-corrected chi connectivity index (χ2v) is 8.27. The summed E-state index contributed by atoms with van der Waals surface area (Å²) in [5.41, 5.74) is 4.42. The van der Waals surface area contributed by atoms with Gasteiger partial charge in [-0.15, -0.1) is 0 Å². The van der Waals surface area contributed by atoms with Gasteiger partial charge in [-0.05, 0) is 58.3 Å². The van der Waals surface area contributed by atoms with E-state index in [1.54, 1.807) is 6.20 Å². The minimum Gasteiger partial charge on any atom is -0.480 e. The van der Waals surface area contributed by atoms with E-state index in [-0.39, 0.29) is 5.92 Å². The molecular formula is C24H26N2O3S. The van der Waals surface area contributed by atoms with Gasteiger partial charge in [0, 0.05) is 17.3 Å². The summed E-state index contributed by atoms with van der Waals surface area (Å²) >= 11 is 1.35. The molecule has 3 aromatic rings. The van der Waals surface area contributed by atoms with E-state index in [2.05, 4.69) is 34.0 Å². The Labute approximate surface area is 181 Å². The number of nitrogens with one attached hydrogen (secondary N) is 1. The van der Waals surface area contributed by atoms with Crippen LogP contribution in [0.5, 0.6) is 0 Å². The normalized spacial score (nSPS) is 12.1. The highest BCUT2D eigenvalue weighted by atomic mass is 32.2. The summed E-state index contributed by atoms with van der Waals surface area (Å²) in [6.45, 7) is 4.88. The molecule has 0 aliphatic heterocycles. The molecule has 3 rings (SSSR count). The molecule has 0 fully saturated rings. The standard InChI is InChI=1S/C24H26N2O3S/c1-17(2)23(24(27)28)26-30-22-11-9-21(10-12-22)20-7-5-18(6-8-20)15-29-16-19-4-3-13-25-14-19/h3-14,17,23,26H,15-16H2,1-2H3,(H,27,28). The predicted molar refractivity (Wildman–Crippen MR) is 120 cm³/mol. The van der Waals surface area contributed by atoms with Crippen molar-refractivity contribution in [3.63, 3.8) is 0 Å². The quantitative estimate of drug-likeness (QED) is 0.439. The summed E-state index contributed by atoms with van der Waals surface area (Å²) in [5.74, 6) is -0.820. The molecule has 6 heteroatoms. The van der Waals surface area contributed by atoms with Crippen molar-refractivity contribution in [2.24, 2.45) is 5.92 Å². The molecule has 0 aliphatic carbocycles. The lowest BCUT2D eigenvalue weighted by Gasteiger charge is -2.17. The topological polar surface area (TPSA) is 71.5 Å². The molecule has 30 heavy (non-hydrogen) atoms. The van der Waals surface area contributed by atoms with Crippen molar-refractivity contribution in [2.75, 3.05) is 0 Å². The second-order valence-electron chi connectivity index (χ2n) is 7.36. The maximum Gasteiger partial charge on any atom is 0.321 e. The van der Waals surface area contributed by atoms with Gasteiger partial charge in [0.05, 0.1) is 13.2 Å². The number of nitrogens with zero attached hydrogens (tertiary/aromatic N) is 1. The van der Waals surface area contributed by atoms with Crippen molar-refractivity contribution >= 4 is 17.9 Å². The predicted octanol–water partition coefficient (Wildman–Crippen LogP) is 5.17. The van der Waals surface area contributed by atoms with E-state index in [0.29, 0.717) is 13.2 Å². The van der Waals surface area contributed by atoms with Crippen LogP contribution < -0.4 is 4.72 Å². The summed E-state index contributed by atoms with van der Waals surface area (Å²) in [6.07, 6.45) is 3.56. The first-order chi connectivity index (χ1) is 14.5. The Hall–Kier alpha value is -2.67. The van der Waals surface area contributed by atoms with Gasteiger partial charge >= 0.3 is 5.97 Å². The molecule has 0 saturated carbocycles. The largest absolute Gasteiger partial charge is 0.480 e. The number of pyridine rings is 1. The number of carboxylic acid groups (broad SMARTS) is 1. The molecule has 2 aromatic carbocycles. The summed E-state index contributed by atoms with van der Waals surface area (Å²) in [4.78, 5) is 16.3. The Bertz CT molecular complexity index is 929. The van der Waals surface area contributed by atoms with E-state index in [4.69, 9.17) is 4.74 Å². The van der Waals surface area contributed by atoms with Crippen LogP contribution in [0.2, 0.25) is 0 Å². The Balaban J connectivity index is 1.52. The second kappa shape index (κ2) is 10.9. The summed E-state index contributed by atoms with van der Waals surface area (Å²) < 4.78 is 8.79. The Morgan fingerprint density at radius 3 is 2.20 bits per heavy atom. The molecule has 0 aliphatic rings. The van der Waals surface area contributed by atoms with Gasteiger partial charge < -0.3 is 9.84 Å². The van der Waals surface area contributed by atoms with Gasteiger partial charge in [-0.2, -0.15) is 0 Å². The molecule has 0 spiro atoms. The zero-order chi connectivity index (χ0) is 21.3. The maximum atomic E-state index is 11.3. The number of aliphatic carboxylic acids is 1. The van der Waals surface area contributed by atoms with Gasteiger partial charge in [0.1, 0.15) is 6.04 Å². The van der Waals surface area contributed by atoms with Crippen LogP contribution in [-0.2, 0) is 22.7 Å². The average molecular weight is 423 g/mol. The number of carboxylic acids is 1. The zero-order valence-corrected chi connectivity index (χ0v) is 17.9. The van der Waals surface area contributed by atoms with Crippen molar-refractivity contribution < 1.29 is 14.6 Å². The van der Waals surface area contributed by atoms with Crippen molar-refractivity contribution in [1.82, 2.24) is 9.71 Å². The Morgan fingerprint density at radius 2 is 1.63 bits per heavy atom. The molecule has 1 aromatic heterocycles. The Kier molecular flexibility index (Phi) is 8.02. The van der Waals surface area contributed by atoms with Gasteiger partial charge in [0.25, 0.3) is 0 Å². The number of benzene rings is 2. The van der Waals surface area contributed by atoms with E-state index in [9.17, 15) is 9.90 Å². The van der Waals surface area contributed by atoms with Crippen LogP contribution in [0, 0.1) is 5.92 Å². The SMILES string of the molecule is CC(C)C(NSc1ccc(-c2ccc(COCc3cccnc3)cc2)cc1)C(=O)O. The van der Waals surface area contributed by atoms with E-state index in [0.717, 1.165) is 27.1 Å². The zero-order valence-electron chi connectivity index (χ0n) is 17.1. The lowest BCUT2D eigenvalue weighted by atomic mass is 10.0. The van der Waals surface area contributed by atoms with Gasteiger partial charge in [-0.3, -0.25) is 9.78 Å². The molecule has 5 nitrogen and oxygen atoms in total. The average Bonchev–Trinajstić information content (AvgIpc) is 2.75. The number of hydrogen-bond donors (Lipinski definition) is 2. The fourth-order valence-electron chi connectivity index (χ4n) is 2.88. The molecule has 0 bridgehead atoms. The van der Waals surface area contributed by atoms with Crippen LogP contribution in [0.15, 0.2) is 78.0 Å². The number of rotatable bonds is 10. The van der Waals surface area contributed by atoms with E-state index >= 15 is 0 Å². The van der Waals surface area contributed by atoms with Crippen LogP contribution in [0.25, 0.3) is 11.1 Å². The minimum absolute atomic E-state index is 0.0149. The highest BCUT2D eigenvalue weighted by Gasteiger charge is 2.20. The fraction of sp³-hybridized carbons (Fsp3) is 0.250. The van der Waals surface area contributed by atoms with Gasteiger partial charge in [-0.1, -0.05) is 56.3 Å². The molecule has 1 heterocycles. The number of hydrogen-bond acceptors (Lipinski definition) is 5. The summed E-state index contributed by atoms with van der Waals surface area (Å²) in [5, 5.41) is 9.26. The van der Waals surface area contributed by atoms with Gasteiger partial charge in [0.15, 0.2) is 0 Å². The van der Waals surface area contributed by atoms with Gasteiger partial charge in [-0.25, -0.2) is 4.72 Å². The van der Waals surface area contributed by atoms with Crippen LogP contribution >= 0.6 is 11.9 Å². The molecule has 1 unspecified atom stereocenters. The molecule has 1 atom stereocenters. The molecule has 156 valence electrons. The third-order valence-corrected chi connectivity index (χ3v) is 5.52. The Morgan fingerprint density at radius 1 is 1.00 bits per heavy atom. The molecular weight excluding hydrogens is 396 g/mol. The third kappa shape index (κ3) is 6.42. The number of carbonyl (C=O) groups is 1. The van der Waals surface area contributed by atoms with E-state index < -0.39 is 12.0 Å². The summed E-state index contributed by atoms with van der Waals surface area (Å²) in [6, 6.07) is 19.7. The third-order valence-electron chi connectivity index (χ3n) is 4.64. The van der Waals surface area contributed by atoms with Crippen molar-refractivity contribution in [3.05, 3.63) is 84.2 Å². The van der Waals surface area contributed by atoms with Crippen LogP contribution in [0.3, 0.4) is 0 Å². The number of ether oxygens (including phenoxy) is 1. The molecule has 2 N–H and O–H groups in total. The first-order valence-electron chi connectivity index (χ1n) is 9.84. The van der Waals surface area contributed by atoms with E-state index in [1.807, 2.05) is 56.4 Å². The van der Waals surface area contributed by atoms with Crippen molar-refractivity contribution in [2.45, 2.75) is 38.0 Å². The maximum absolute atomic E-state index is 11.3. The van der Waals surface area contributed by atoms with Gasteiger partial charge in [0.2, 0.25) is 0 Å². The van der Waals surface area contributed by atoms with Crippen LogP contribution in [0.1, 0.15) is 25.0 Å². The molecule has 0 radical (unpaired) electrons. The van der Waals surface area contributed by atoms with Crippen molar-refractivity contribution in [3.8, 4) is 11.1 Å². The molecule has 0 amide bonds. The number of aromatic nitrogens is 1. The fourth-order valence-corrected chi connectivity index (χ4v) is 3.79. The van der Waals surface area contributed by atoms with Crippen LogP contribution in [-0.4, -0.2) is 22.1 Å². The minimum atomic E-state index is -0.835. The van der Waals surface area contributed by atoms with Crippen LogP contribution in [0.4, 0.5) is 0 Å². The highest BCUT2D eigenvalue weighted by molar-refractivity contribution is 7.97. The van der Waals surface area contributed by atoms with E-state index in [1.165, 1.54) is 11.9 Å². The summed E-state index contributed by atoms with van der Waals surface area (Å²) in [7, 11) is 0. The lowest BCUT2D eigenvalue weighted by molar-refractivity contribution is -0.139. The lowest BCUT2D eigenvalue weighted by Crippen LogP contribution is -2.36. The smallest absolute Gasteiger partial charge is 0.321 e. The first kappa shape index (κ1) is 22.0. The van der Waals surface area contributed by atoms with Crippen molar-refractivity contribution in [1.29, 1.82) is 0 Å². The highest BCUT2D eigenvalue weighted by Crippen LogP contribution is 2.24. The monoisotopic (exact) mass is 422 g/mol. The molecule has 0 saturated heterocycles.